The van der Waals surface area contributed by atoms with Crippen molar-refractivity contribution >= 4 is 31.6 Å². The van der Waals surface area contributed by atoms with Crippen molar-refractivity contribution in [3.05, 3.63) is 67.8 Å². The molecule has 0 fully saturated rings. The van der Waals surface area contributed by atoms with Gasteiger partial charge in [0.25, 0.3) is 0 Å². The monoisotopic (exact) mass is 362 g/mol. The van der Waals surface area contributed by atoms with Crippen LogP contribution in [-0.4, -0.2) is 8.76 Å². The Labute approximate surface area is 110 Å². The van der Waals surface area contributed by atoms with E-state index in [-0.39, 0.29) is 0 Å². The second-order valence-electron chi connectivity index (χ2n) is 3.12. The van der Waals surface area contributed by atoms with Gasteiger partial charge in [-0.1, -0.05) is 0 Å². The molecular weight excluding hydrogens is 351 g/mol. The van der Waals surface area contributed by atoms with Crippen molar-refractivity contribution in [1.82, 2.24) is 0 Å². The van der Waals surface area contributed by atoms with Crippen LogP contribution in [0.1, 0.15) is 0 Å². The van der Waals surface area contributed by atoms with E-state index in [9.17, 15) is 4.21 Å². The van der Waals surface area contributed by atoms with E-state index < -0.39 is 31.6 Å². The van der Waals surface area contributed by atoms with Gasteiger partial charge >= 0.3 is 111 Å². The minimum absolute atomic E-state index is 1.00. The van der Waals surface area contributed by atoms with E-state index in [0.29, 0.717) is 0 Å². The molecule has 0 saturated carbocycles. The molecule has 0 bridgehead atoms. The molecule has 0 aliphatic rings. The van der Waals surface area contributed by atoms with Crippen molar-refractivity contribution in [1.29, 1.82) is 0 Å². The van der Waals surface area contributed by atoms with E-state index in [4.69, 9.17) is 7.07 Å². The second-order valence-corrected chi connectivity index (χ2v) is 8.67. The van der Waals surface area contributed by atoms with E-state index in [2.05, 4.69) is 0 Å². The molecule has 0 aliphatic carbocycles. The molecule has 0 heterocycles. The zero-order valence-corrected chi connectivity index (χ0v) is 11.8. The molecule has 0 aliphatic heterocycles. The molecule has 2 aromatic carbocycles. The first-order chi connectivity index (χ1) is 8.27. The fourth-order valence-corrected chi connectivity index (χ4v) is 6.59. The molecule has 0 aromatic heterocycles. The molecule has 0 amide bonds. The number of hydrogen-bond acceptors (Lipinski definition) is 2. The van der Waals surface area contributed by atoms with E-state index in [1.54, 1.807) is 0 Å². The molecule has 17 heavy (non-hydrogen) atoms. The summed E-state index contributed by atoms with van der Waals surface area (Å²) < 4.78 is 27.0. The van der Waals surface area contributed by atoms with Crippen molar-refractivity contribution in [2.75, 3.05) is 0 Å². The van der Waals surface area contributed by atoms with E-state index in [1.165, 1.54) is 0 Å². The van der Waals surface area contributed by atoms with Crippen LogP contribution in [0.15, 0.2) is 60.7 Å². The van der Waals surface area contributed by atoms with Gasteiger partial charge in [-0.25, -0.2) is 0 Å². The fourth-order valence-electron chi connectivity index (χ4n) is 1.31. The summed E-state index contributed by atoms with van der Waals surface area (Å²) in [7, 11) is 0. The van der Waals surface area contributed by atoms with E-state index >= 15 is 0 Å². The topological polar surface area (TPSA) is 46.5 Å². The second kappa shape index (κ2) is 6.25. The standard InChI is InChI=1S/C12H11IO3S/c14-17(15)16-13(11-7-3-1-4-8-11)12-9-5-2-6-10-12/h1-10H,(H,14,15). The van der Waals surface area contributed by atoms with Crippen molar-refractivity contribution < 1.29 is 11.3 Å². The Balaban J connectivity index is 2.36. The van der Waals surface area contributed by atoms with Crippen molar-refractivity contribution in [2.24, 2.45) is 0 Å². The van der Waals surface area contributed by atoms with Crippen LogP contribution < -0.4 is 0 Å². The summed E-state index contributed by atoms with van der Waals surface area (Å²) >= 11 is -4.48. The number of halogens is 1. The van der Waals surface area contributed by atoms with Crippen LogP contribution >= 0.6 is 20.2 Å². The van der Waals surface area contributed by atoms with Gasteiger partial charge in [-0.2, -0.15) is 0 Å². The predicted octanol–water partition coefficient (Wildman–Crippen LogP) is 3.30. The third-order valence-corrected chi connectivity index (χ3v) is 7.92. The van der Waals surface area contributed by atoms with Crippen LogP contribution in [0.2, 0.25) is 0 Å². The van der Waals surface area contributed by atoms with E-state index in [0.717, 1.165) is 7.14 Å². The summed E-state index contributed by atoms with van der Waals surface area (Å²) in [6.07, 6.45) is 0. The Hall–Kier alpha value is -0.760. The molecule has 1 atom stereocenters. The summed E-state index contributed by atoms with van der Waals surface area (Å²) in [4.78, 5) is 0. The summed E-state index contributed by atoms with van der Waals surface area (Å²) in [5, 5.41) is 0. The molecule has 0 spiro atoms. The summed E-state index contributed by atoms with van der Waals surface area (Å²) in [6.45, 7) is 0. The molecule has 1 N–H and O–H groups in total. The zero-order chi connectivity index (χ0) is 12.1. The first-order valence-electron chi connectivity index (χ1n) is 4.87. The average Bonchev–Trinajstić information content (AvgIpc) is 2.38. The maximum atomic E-state index is 10.9. The normalized spacial score (nSPS) is 13.1. The molecule has 90 valence electrons. The summed E-state index contributed by atoms with van der Waals surface area (Å²) in [6, 6.07) is 19.2. The minimum atomic E-state index is -2.25. The molecule has 2 rings (SSSR count). The summed E-state index contributed by atoms with van der Waals surface area (Å²) in [5.41, 5.74) is 0. The molecule has 1 unspecified atom stereocenters. The predicted molar refractivity (Wildman–Crippen MR) is 76.2 cm³/mol. The Kier molecular flexibility index (Phi) is 4.66. The van der Waals surface area contributed by atoms with Gasteiger partial charge in [0.05, 0.1) is 0 Å². The van der Waals surface area contributed by atoms with Gasteiger partial charge in [-0.3, -0.25) is 0 Å². The Morgan fingerprint density at radius 3 is 1.65 bits per heavy atom. The molecule has 3 nitrogen and oxygen atoms in total. The molecular formula is C12H11IO3S. The number of rotatable bonds is 4. The Morgan fingerprint density at radius 1 is 0.882 bits per heavy atom. The van der Waals surface area contributed by atoms with Crippen LogP contribution in [0, 0.1) is 7.14 Å². The van der Waals surface area contributed by atoms with Gasteiger partial charge in [-0.15, -0.1) is 0 Å². The Bertz CT molecular complexity index is 450. The van der Waals surface area contributed by atoms with Gasteiger partial charge in [-0.05, 0) is 0 Å². The number of hydrogen-bond donors (Lipinski definition) is 1. The van der Waals surface area contributed by atoms with Gasteiger partial charge < -0.3 is 0 Å². The van der Waals surface area contributed by atoms with Crippen LogP contribution in [0.25, 0.3) is 0 Å². The average molecular weight is 362 g/mol. The fraction of sp³-hybridized carbons (Fsp3) is 0. The van der Waals surface area contributed by atoms with Crippen LogP contribution in [-0.2, 0) is 13.9 Å². The van der Waals surface area contributed by atoms with Gasteiger partial charge in [0, 0.05) is 0 Å². The van der Waals surface area contributed by atoms with Crippen molar-refractivity contribution in [2.45, 2.75) is 0 Å². The summed E-state index contributed by atoms with van der Waals surface area (Å²) in [5.74, 6) is 0. The molecule has 0 saturated heterocycles. The van der Waals surface area contributed by atoms with Crippen LogP contribution in [0.4, 0.5) is 0 Å². The van der Waals surface area contributed by atoms with Crippen LogP contribution in [0.5, 0.6) is 0 Å². The third kappa shape index (κ3) is 3.60. The Morgan fingerprint density at radius 2 is 1.29 bits per heavy atom. The molecule has 5 heteroatoms. The molecule has 2 aromatic rings. The van der Waals surface area contributed by atoms with Crippen molar-refractivity contribution in [3.63, 3.8) is 0 Å². The van der Waals surface area contributed by atoms with Crippen LogP contribution in [0.3, 0.4) is 0 Å². The van der Waals surface area contributed by atoms with Gasteiger partial charge in [0.1, 0.15) is 0 Å². The van der Waals surface area contributed by atoms with Gasteiger partial charge in [0.2, 0.25) is 0 Å². The zero-order valence-electron chi connectivity index (χ0n) is 8.82. The quantitative estimate of drug-likeness (QED) is 0.671. The van der Waals surface area contributed by atoms with Gasteiger partial charge in [0.15, 0.2) is 0 Å². The first kappa shape index (κ1) is 12.7. The maximum absolute atomic E-state index is 10.9. The first-order valence-corrected chi connectivity index (χ1v) is 8.94. The van der Waals surface area contributed by atoms with Crippen molar-refractivity contribution in [3.8, 4) is 0 Å². The number of benzene rings is 2. The third-order valence-electron chi connectivity index (χ3n) is 1.98. The molecule has 0 radical (unpaired) electrons. The SMILES string of the molecule is O=S(O)OI(c1ccccc1)c1ccccc1. The van der Waals surface area contributed by atoms with E-state index in [1.807, 2.05) is 60.7 Å².